The first kappa shape index (κ1) is 12.9. The van der Waals surface area contributed by atoms with Crippen LogP contribution in [0, 0.1) is 6.92 Å². The van der Waals surface area contributed by atoms with Crippen molar-refractivity contribution in [1.29, 1.82) is 0 Å². The van der Waals surface area contributed by atoms with Crippen molar-refractivity contribution in [3.63, 3.8) is 0 Å². The van der Waals surface area contributed by atoms with Crippen molar-refractivity contribution in [3.05, 3.63) is 59.0 Å². The highest BCUT2D eigenvalue weighted by Crippen LogP contribution is 2.26. The zero-order chi connectivity index (χ0) is 13.0. The maximum absolute atomic E-state index is 5.55. The lowest BCUT2D eigenvalue weighted by Crippen LogP contribution is -2.22. The first-order chi connectivity index (χ1) is 8.76. The van der Waals surface area contributed by atoms with Gasteiger partial charge in [-0.15, -0.1) is 0 Å². The molecule has 2 nitrogen and oxygen atoms in total. The number of nitrogens with one attached hydrogen (secondary N) is 1. The molecule has 1 aromatic heterocycles. The third-order valence-electron chi connectivity index (χ3n) is 3.23. The smallest absolute Gasteiger partial charge is 0.108 e. The highest BCUT2D eigenvalue weighted by atomic mass is 16.3. The number of hydrogen-bond acceptors (Lipinski definition) is 2. The Morgan fingerprint density at radius 2 is 1.83 bits per heavy atom. The molecule has 0 amide bonds. The van der Waals surface area contributed by atoms with E-state index in [1.54, 1.807) is 6.26 Å². The van der Waals surface area contributed by atoms with E-state index in [1.807, 2.05) is 0 Å². The summed E-state index contributed by atoms with van der Waals surface area (Å²) >= 11 is 0. The summed E-state index contributed by atoms with van der Waals surface area (Å²) in [7, 11) is 0. The first-order valence-corrected chi connectivity index (χ1v) is 6.62. The van der Waals surface area contributed by atoms with E-state index in [0.29, 0.717) is 0 Å². The number of rotatable bonds is 5. The van der Waals surface area contributed by atoms with Crippen LogP contribution in [-0.4, -0.2) is 6.54 Å². The van der Waals surface area contributed by atoms with Gasteiger partial charge in [0.15, 0.2) is 0 Å². The van der Waals surface area contributed by atoms with Gasteiger partial charge in [-0.2, -0.15) is 0 Å². The number of benzene rings is 1. The Hall–Kier alpha value is -1.54. The molecule has 2 aromatic rings. The van der Waals surface area contributed by atoms with E-state index in [1.165, 1.54) is 16.7 Å². The van der Waals surface area contributed by atoms with Crippen LogP contribution in [0.5, 0.6) is 0 Å². The average molecular weight is 243 g/mol. The molecule has 0 radical (unpaired) electrons. The second kappa shape index (κ2) is 5.87. The molecule has 0 spiro atoms. The SMILES string of the molecule is CCNC(c1ccc(C)cc1)c1ccoc1CC. The maximum Gasteiger partial charge on any atom is 0.108 e. The van der Waals surface area contributed by atoms with Gasteiger partial charge in [-0.1, -0.05) is 43.7 Å². The van der Waals surface area contributed by atoms with E-state index in [2.05, 4.69) is 56.4 Å². The van der Waals surface area contributed by atoms with Crippen molar-refractivity contribution < 1.29 is 4.42 Å². The van der Waals surface area contributed by atoms with E-state index in [9.17, 15) is 0 Å². The molecule has 0 aliphatic rings. The van der Waals surface area contributed by atoms with E-state index >= 15 is 0 Å². The molecule has 1 unspecified atom stereocenters. The van der Waals surface area contributed by atoms with Gasteiger partial charge in [0.1, 0.15) is 5.76 Å². The Morgan fingerprint density at radius 1 is 1.11 bits per heavy atom. The van der Waals surface area contributed by atoms with Gasteiger partial charge in [0.2, 0.25) is 0 Å². The van der Waals surface area contributed by atoms with Gasteiger partial charge in [0.05, 0.1) is 12.3 Å². The molecule has 0 aliphatic carbocycles. The summed E-state index contributed by atoms with van der Waals surface area (Å²) in [5.74, 6) is 1.07. The Labute approximate surface area is 109 Å². The van der Waals surface area contributed by atoms with Gasteiger partial charge in [-0.05, 0) is 25.1 Å². The van der Waals surface area contributed by atoms with E-state index in [4.69, 9.17) is 4.42 Å². The molecule has 0 bridgehead atoms. The van der Waals surface area contributed by atoms with Crippen molar-refractivity contribution in [3.8, 4) is 0 Å². The molecule has 0 aliphatic heterocycles. The van der Waals surface area contributed by atoms with Crippen LogP contribution >= 0.6 is 0 Å². The maximum atomic E-state index is 5.55. The molecule has 1 aromatic carbocycles. The summed E-state index contributed by atoms with van der Waals surface area (Å²) in [6.07, 6.45) is 2.71. The highest BCUT2D eigenvalue weighted by molar-refractivity contribution is 5.34. The summed E-state index contributed by atoms with van der Waals surface area (Å²) in [5, 5.41) is 3.54. The second-order valence-corrected chi connectivity index (χ2v) is 4.55. The average Bonchev–Trinajstić information content (AvgIpc) is 2.85. The second-order valence-electron chi connectivity index (χ2n) is 4.55. The van der Waals surface area contributed by atoms with Crippen LogP contribution < -0.4 is 5.32 Å². The van der Waals surface area contributed by atoms with Gasteiger partial charge in [0, 0.05) is 12.0 Å². The summed E-state index contributed by atoms with van der Waals surface area (Å²) in [6, 6.07) is 11.0. The van der Waals surface area contributed by atoms with Gasteiger partial charge < -0.3 is 9.73 Å². The van der Waals surface area contributed by atoms with E-state index < -0.39 is 0 Å². The third-order valence-corrected chi connectivity index (χ3v) is 3.23. The number of aryl methyl sites for hydroxylation is 2. The molecule has 2 rings (SSSR count). The summed E-state index contributed by atoms with van der Waals surface area (Å²) < 4.78 is 5.55. The summed E-state index contributed by atoms with van der Waals surface area (Å²) in [5.41, 5.74) is 3.83. The lowest BCUT2D eigenvalue weighted by Gasteiger charge is -2.18. The quantitative estimate of drug-likeness (QED) is 0.863. The standard InChI is InChI=1S/C16H21NO/c1-4-15-14(10-11-18-15)16(17-5-2)13-8-6-12(3)7-9-13/h6-11,16-17H,4-5H2,1-3H3. The Balaban J connectivity index is 2.36. The molecule has 96 valence electrons. The largest absolute Gasteiger partial charge is 0.469 e. The molecule has 2 heteroatoms. The summed E-state index contributed by atoms with van der Waals surface area (Å²) in [6.45, 7) is 7.31. The Morgan fingerprint density at radius 3 is 2.44 bits per heavy atom. The molecular weight excluding hydrogens is 222 g/mol. The predicted octanol–water partition coefficient (Wildman–Crippen LogP) is 3.85. The minimum atomic E-state index is 0.226. The third kappa shape index (κ3) is 2.65. The van der Waals surface area contributed by atoms with Crippen LogP contribution in [-0.2, 0) is 6.42 Å². The van der Waals surface area contributed by atoms with Crippen LogP contribution in [0.1, 0.15) is 42.3 Å². The lowest BCUT2D eigenvalue weighted by molar-refractivity contribution is 0.502. The molecule has 0 saturated heterocycles. The minimum Gasteiger partial charge on any atom is -0.469 e. The molecular formula is C16H21NO. The van der Waals surface area contributed by atoms with Gasteiger partial charge in [0.25, 0.3) is 0 Å². The normalized spacial score (nSPS) is 12.6. The van der Waals surface area contributed by atoms with E-state index in [0.717, 1.165) is 18.7 Å². The molecule has 1 heterocycles. The highest BCUT2D eigenvalue weighted by Gasteiger charge is 2.17. The van der Waals surface area contributed by atoms with Crippen molar-refractivity contribution >= 4 is 0 Å². The zero-order valence-corrected chi connectivity index (χ0v) is 11.4. The van der Waals surface area contributed by atoms with Crippen molar-refractivity contribution in [2.45, 2.75) is 33.2 Å². The Bertz CT molecular complexity index is 484. The van der Waals surface area contributed by atoms with Crippen LogP contribution in [0.2, 0.25) is 0 Å². The fourth-order valence-corrected chi connectivity index (χ4v) is 2.27. The van der Waals surface area contributed by atoms with Gasteiger partial charge in [-0.25, -0.2) is 0 Å². The topological polar surface area (TPSA) is 25.2 Å². The van der Waals surface area contributed by atoms with Gasteiger partial charge >= 0.3 is 0 Å². The molecule has 18 heavy (non-hydrogen) atoms. The lowest BCUT2D eigenvalue weighted by atomic mass is 9.97. The monoisotopic (exact) mass is 243 g/mol. The summed E-state index contributed by atoms with van der Waals surface area (Å²) in [4.78, 5) is 0. The van der Waals surface area contributed by atoms with E-state index in [-0.39, 0.29) is 6.04 Å². The Kier molecular flexibility index (Phi) is 4.21. The fraction of sp³-hybridized carbons (Fsp3) is 0.375. The van der Waals surface area contributed by atoms with Crippen molar-refractivity contribution in [2.24, 2.45) is 0 Å². The minimum absolute atomic E-state index is 0.226. The molecule has 1 atom stereocenters. The number of hydrogen-bond donors (Lipinski definition) is 1. The molecule has 1 N–H and O–H groups in total. The van der Waals surface area contributed by atoms with Crippen LogP contribution in [0.25, 0.3) is 0 Å². The predicted molar refractivity (Wildman–Crippen MR) is 74.8 cm³/mol. The fourth-order valence-electron chi connectivity index (χ4n) is 2.27. The first-order valence-electron chi connectivity index (χ1n) is 6.62. The van der Waals surface area contributed by atoms with Gasteiger partial charge in [-0.3, -0.25) is 0 Å². The molecule has 0 saturated carbocycles. The molecule has 0 fully saturated rings. The number of furan rings is 1. The van der Waals surface area contributed by atoms with Crippen LogP contribution in [0.4, 0.5) is 0 Å². The van der Waals surface area contributed by atoms with Crippen molar-refractivity contribution in [2.75, 3.05) is 6.54 Å². The van der Waals surface area contributed by atoms with Crippen LogP contribution in [0.3, 0.4) is 0 Å². The van der Waals surface area contributed by atoms with Crippen molar-refractivity contribution in [1.82, 2.24) is 5.32 Å². The zero-order valence-electron chi connectivity index (χ0n) is 11.4. The van der Waals surface area contributed by atoms with Crippen LogP contribution in [0.15, 0.2) is 41.0 Å².